The molecule has 0 atom stereocenters. The van der Waals surface area contributed by atoms with Gasteiger partial charge in [-0.2, -0.15) is 0 Å². The molecule has 0 aromatic carbocycles. The first kappa shape index (κ1) is 13.7. The molecule has 1 fully saturated rings. The van der Waals surface area contributed by atoms with Gasteiger partial charge in [0.05, 0.1) is 5.02 Å². The fraction of sp³-hybridized carbons (Fsp3) is 0.312. The van der Waals surface area contributed by atoms with E-state index in [1.54, 1.807) is 18.6 Å². The van der Waals surface area contributed by atoms with E-state index in [0.29, 0.717) is 11.1 Å². The van der Waals surface area contributed by atoms with Gasteiger partial charge in [0.1, 0.15) is 11.3 Å². The van der Waals surface area contributed by atoms with E-state index in [4.69, 9.17) is 16.6 Å². The van der Waals surface area contributed by atoms with Crippen LogP contribution in [0, 0.1) is 0 Å². The Kier molecular flexibility index (Phi) is 3.52. The van der Waals surface area contributed by atoms with E-state index in [2.05, 4.69) is 19.9 Å². The van der Waals surface area contributed by atoms with Gasteiger partial charge in [-0.25, -0.2) is 9.97 Å². The Bertz CT molecular complexity index is 793. The molecule has 1 N–H and O–H groups in total. The van der Waals surface area contributed by atoms with Gasteiger partial charge in [-0.1, -0.05) is 11.6 Å². The maximum Gasteiger partial charge on any atom is 0.160 e. The normalized spacial score (nSPS) is 16.2. The average Bonchev–Trinajstić information content (AvgIpc) is 2.95. The van der Waals surface area contributed by atoms with Crippen LogP contribution in [-0.4, -0.2) is 32.6 Å². The van der Waals surface area contributed by atoms with Gasteiger partial charge >= 0.3 is 0 Å². The molecule has 4 rings (SSSR count). The zero-order valence-corrected chi connectivity index (χ0v) is 12.8. The Hall–Kier alpha value is -1.98. The summed E-state index contributed by atoms with van der Waals surface area (Å²) in [5, 5.41) is 4.02. The van der Waals surface area contributed by atoms with Crippen LogP contribution in [0.15, 0.2) is 36.8 Å². The lowest BCUT2D eigenvalue weighted by atomic mass is 10.1. The Balaban J connectivity index is 1.93. The van der Waals surface area contributed by atoms with Crippen molar-refractivity contribution in [3.63, 3.8) is 0 Å². The van der Waals surface area contributed by atoms with Crippen molar-refractivity contribution in [1.29, 1.82) is 0 Å². The fourth-order valence-corrected chi connectivity index (χ4v) is 3.23. The van der Waals surface area contributed by atoms with Crippen LogP contribution in [0.5, 0.6) is 0 Å². The van der Waals surface area contributed by atoms with Crippen molar-refractivity contribution in [3.8, 4) is 11.4 Å². The van der Waals surface area contributed by atoms with Gasteiger partial charge < -0.3 is 9.88 Å². The molecule has 5 nitrogen and oxygen atoms in total. The minimum atomic E-state index is 0.406. The largest absolute Gasteiger partial charge is 0.317 e. The summed E-state index contributed by atoms with van der Waals surface area (Å²) < 4.78 is 2.27. The maximum absolute atomic E-state index is 6.08. The van der Waals surface area contributed by atoms with Crippen LogP contribution >= 0.6 is 11.6 Å². The lowest BCUT2D eigenvalue weighted by molar-refractivity contribution is 0.376. The Morgan fingerprint density at radius 3 is 2.73 bits per heavy atom. The predicted molar refractivity (Wildman–Crippen MR) is 86.9 cm³/mol. The molecule has 3 aromatic heterocycles. The first-order chi connectivity index (χ1) is 10.8. The first-order valence-electron chi connectivity index (χ1n) is 7.47. The van der Waals surface area contributed by atoms with Crippen LogP contribution in [0.2, 0.25) is 5.02 Å². The number of imidazole rings is 1. The molecule has 0 aliphatic carbocycles. The summed E-state index contributed by atoms with van der Waals surface area (Å²) in [5.74, 6) is 0.944. The molecule has 112 valence electrons. The van der Waals surface area contributed by atoms with E-state index in [-0.39, 0.29) is 0 Å². The molecule has 6 heteroatoms. The minimum Gasteiger partial charge on any atom is -0.317 e. The van der Waals surface area contributed by atoms with Crippen molar-refractivity contribution in [1.82, 2.24) is 24.8 Å². The lowest BCUT2D eigenvalue weighted by Crippen LogP contribution is -2.29. The zero-order valence-electron chi connectivity index (χ0n) is 12.0. The van der Waals surface area contributed by atoms with Gasteiger partial charge in [0.25, 0.3) is 0 Å². The second-order valence-electron chi connectivity index (χ2n) is 5.52. The van der Waals surface area contributed by atoms with Crippen LogP contribution in [0.1, 0.15) is 18.9 Å². The Labute approximate surface area is 133 Å². The zero-order chi connectivity index (χ0) is 14.9. The monoisotopic (exact) mass is 313 g/mol. The molecule has 4 heterocycles. The van der Waals surface area contributed by atoms with Crippen LogP contribution in [0.3, 0.4) is 0 Å². The summed E-state index contributed by atoms with van der Waals surface area (Å²) in [6.07, 6.45) is 7.44. The third kappa shape index (κ3) is 2.36. The highest BCUT2D eigenvalue weighted by molar-refractivity contribution is 6.31. The molecule has 1 aliphatic heterocycles. The third-order valence-electron chi connectivity index (χ3n) is 4.11. The molecular weight excluding hydrogens is 298 g/mol. The lowest BCUT2D eigenvalue weighted by Gasteiger charge is -2.25. The fourth-order valence-electron chi connectivity index (χ4n) is 3.07. The number of halogens is 1. The molecule has 0 unspecified atom stereocenters. The van der Waals surface area contributed by atoms with Crippen LogP contribution in [0.25, 0.3) is 22.6 Å². The molecule has 0 amide bonds. The van der Waals surface area contributed by atoms with Gasteiger partial charge in [-0.05, 0) is 44.1 Å². The molecule has 0 saturated carbocycles. The molecule has 3 aromatic rings. The van der Waals surface area contributed by atoms with Crippen molar-refractivity contribution < 1.29 is 0 Å². The Morgan fingerprint density at radius 2 is 1.95 bits per heavy atom. The molecular formula is C16H16ClN5. The van der Waals surface area contributed by atoms with Gasteiger partial charge in [0.2, 0.25) is 0 Å². The molecule has 1 aliphatic rings. The molecule has 22 heavy (non-hydrogen) atoms. The molecule has 0 bridgehead atoms. The summed E-state index contributed by atoms with van der Waals surface area (Å²) in [6, 6.07) is 6.26. The number of piperidine rings is 1. The van der Waals surface area contributed by atoms with Crippen LogP contribution < -0.4 is 5.32 Å². The van der Waals surface area contributed by atoms with Crippen molar-refractivity contribution >= 4 is 22.8 Å². The number of nitrogens with one attached hydrogen (secondary N) is 1. The SMILES string of the molecule is Clc1cnc2c(c1)nc(-c1ccncc1)n2C1CCNCC1. The molecule has 0 spiro atoms. The van der Waals surface area contributed by atoms with Crippen molar-refractivity contribution in [3.05, 3.63) is 41.8 Å². The van der Waals surface area contributed by atoms with Gasteiger partial charge in [-0.15, -0.1) is 0 Å². The van der Waals surface area contributed by atoms with Gasteiger partial charge in [-0.3, -0.25) is 4.98 Å². The number of rotatable bonds is 2. The van der Waals surface area contributed by atoms with E-state index in [0.717, 1.165) is 48.5 Å². The average molecular weight is 314 g/mol. The molecule has 1 saturated heterocycles. The van der Waals surface area contributed by atoms with Crippen molar-refractivity contribution in [2.75, 3.05) is 13.1 Å². The van der Waals surface area contributed by atoms with E-state index in [9.17, 15) is 0 Å². The molecule has 0 radical (unpaired) electrons. The number of hydrogen-bond donors (Lipinski definition) is 1. The second kappa shape index (κ2) is 5.66. The number of nitrogens with zero attached hydrogens (tertiary/aromatic N) is 4. The van der Waals surface area contributed by atoms with Crippen LogP contribution in [-0.2, 0) is 0 Å². The highest BCUT2D eigenvalue weighted by Gasteiger charge is 2.22. The van der Waals surface area contributed by atoms with E-state index in [1.165, 1.54) is 0 Å². The summed E-state index contributed by atoms with van der Waals surface area (Å²) in [5.41, 5.74) is 2.81. The minimum absolute atomic E-state index is 0.406. The van der Waals surface area contributed by atoms with Gasteiger partial charge in [0, 0.05) is 30.2 Å². The second-order valence-corrected chi connectivity index (χ2v) is 5.96. The highest BCUT2D eigenvalue weighted by Crippen LogP contribution is 2.31. The smallest absolute Gasteiger partial charge is 0.160 e. The number of aromatic nitrogens is 4. The summed E-state index contributed by atoms with van der Waals surface area (Å²) in [6.45, 7) is 2.04. The third-order valence-corrected chi connectivity index (χ3v) is 4.32. The first-order valence-corrected chi connectivity index (χ1v) is 7.85. The summed E-state index contributed by atoms with van der Waals surface area (Å²) in [4.78, 5) is 13.4. The maximum atomic E-state index is 6.08. The quantitative estimate of drug-likeness (QED) is 0.790. The van der Waals surface area contributed by atoms with Gasteiger partial charge in [0.15, 0.2) is 5.65 Å². The van der Waals surface area contributed by atoms with Crippen molar-refractivity contribution in [2.24, 2.45) is 0 Å². The van der Waals surface area contributed by atoms with Crippen molar-refractivity contribution in [2.45, 2.75) is 18.9 Å². The number of pyridine rings is 2. The van der Waals surface area contributed by atoms with E-state index < -0.39 is 0 Å². The summed E-state index contributed by atoms with van der Waals surface area (Å²) in [7, 11) is 0. The van der Waals surface area contributed by atoms with Crippen LogP contribution in [0.4, 0.5) is 0 Å². The highest BCUT2D eigenvalue weighted by atomic mass is 35.5. The Morgan fingerprint density at radius 1 is 1.18 bits per heavy atom. The standard InChI is InChI=1S/C16H16ClN5/c17-12-9-14-16(20-10-12)22(13-3-7-19-8-4-13)15(21-14)11-1-5-18-6-2-11/h1-2,5-6,9-10,13,19H,3-4,7-8H2. The predicted octanol–water partition coefficient (Wildman–Crippen LogP) is 3.07. The number of hydrogen-bond acceptors (Lipinski definition) is 4. The topological polar surface area (TPSA) is 55.6 Å². The van der Waals surface area contributed by atoms with E-state index in [1.807, 2.05) is 18.2 Å². The van der Waals surface area contributed by atoms with E-state index >= 15 is 0 Å². The number of fused-ring (bicyclic) bond motifs is 1. The summed E-state index contributed by atoms with van der Waals surface area (Å²) >= 11 is 6.08.